The molecular formula is C6H9N3. The lowest BCUT2D eigenvalue weighted by Gasteiger charge is -2.24. The highest BCUT2D eigenvalue weighted by Gasteiger charge is 2.24. The Morgan fingerprint density at radius 3 is 3.11 bits per heavy atom. The van der Waals surface area contributed by atoms with E-state index in [1.807, 2.05) is 4.68 Å². The normalized spacial score (nSPS) is 23.0. The second kappa shape index (κ2) is 1.29. The molecule has 0 bridgehead atoms. The minimum atomic E-state index is 0.567. The molecule has 2 rings (SSSR count). The first-order valence-electron chi connectivity index (χ1n) is 3.11. The van der Waals surface area contributed by atoms with E-state index >= 15 is 0 Å². The van der Waals surface area contributed by atoms with Gasteiger partial charge < -0.3 is 5.73 Å². The molecule has 2 N–H and O–H groups in total. The molecule has 1 aromatic rings. The first kappa shape index (κ1) is 4.85. The number of aromatic nitrogens is 2. The van der Waals surface area contributed by atoms with Crippen LogP contribution < -0.4 is 5.73 Å². The van der Waals surface area contributed by atoms with Gasteiger partial charge in [-0.05, 0) is 6.92 Å². The van der Waals surface area contributed by atoms with Gasteiger partial charge in [0, 0.05) is 6.42 Å². The molecule has 48 valence electrons. The molecule has 0 radical (unpaired) electrons. The van der Waals surface area contributed by atoms with Gasteiger partial charge in [0.25, 0.3) is 0 Å². The molecule has 9 heavy (non-hydrogen) atoms. The minimum Gasteiger partial charge on any atom is -0.396 e. The SMILES string of the molecule is CC1Cc2c(N)cnn21. The Labute approximate surface area is 53.5 Å². The van der Waals surface area contributed by atoms with E-state index in [1.165, 1.54) is 5.69 Å². The van der Waals surface area contributed by atoms with Gasteiger partial charge in [-0.15, -0.1) is 0 Å². The molecule has 0 aromatic carbocycles. The first-order valence-corrected chi connectivity index (χ1v) is 3.11. The number of nitrogen functional groups attached to an aromatic ring is 1. The number of anilines is 1. The van der Waals surface area contributed by atoms with Crippen LogP contribution in [0.4, 0.5) is 5.69 Å². The van der Waals surface area contributed by atoms with Crippen molar-refractivity contribution >= 4 is 5.69 Å². The van der Waals surface area contributed by atoms with Gasteiger partial charge in [0.05, 0.1) is 23.6 Å². The molecule has 1 aliphatic heterocycles. The van der Waals surface area contributed by atoms with Crippen LogP contribution in [0.15, 0.2) is 6.20 Å². The lowest BCUT2D eigenvalue weighted by atomic mass is 10.1. The quantitative estimate of drug-likeness (QED) is 0.548. The van der Waals surface area contributed by atoms with Crippen LogP contribution in [-0.2, 0) is 6.42 Å². The summed E-state index contributed by atoms with van der Waals surface area (Å²) >= 11 is 0. The van der Waals surface area contributed by atoms with Crippen LogP contribution in [0.1, 0.15) is 18.7 Å². The fourth-order valence-corrected chi connectivity index (χ4v) is 1.25. The maximum Gasteiger partial charge on any atom is 0.0734 e. The highest BCUT2D eigenvalue weighted by Crippen LogP contribution is 2.29. The molecule has 0 fully saturated rings. The Morgan fingerprint density at radius 2 is 2.67 bits per heavy atom. The topological polar surface area (TPSA) is 43.8 Å². The highest BCUT2D eigenvalue weighted by molar-refractivity contribution is 5.44. The summed E-state index contributed by atoms with van der Waals surface area (Å²) in [6.07, 6.45) is 2.81. The molecule has 0 saturated carbocycles. The van der Waals surface area contributed by atoms with Crippen LogP contribution in [0.25, 0.3) is 0 Å². The average molecular weight is 123 g/mol. The van der Waals surface area contributed by atoms with Gasteiger partial charge in [-0.25, -0.2) is 0 Å². The van der Waals surface area contributed by atoms with Gasteiger partial charge in [-0.3, -0.25) is 4.68 Å². The van der Waals surface area contributed by atoms with Gasteiger partial charge >= 0.3 is 0 Å². The number of fused-ring (bicyclic) bond motifs is 1. The zero-order valence-electron chi connectivity index (χ0n) is 5.33. The molecular weight excluding hydrogens is 114 g/mol. The average Bonchev–Trinajstić information content (AvgIpc) is 2.07. The van der Waals surface area contributed by atoms with Crippen molar-refractivity contribution < 1.29 is 0 Å². The number of nitrogens with two attached hydrogens (primary N) is 1. The van der Waals surface area contributed by atoms with Crippen LogP contribution in [0.3, 0.4) is 0 Å². The second-order valence-corrected chi connectivity index (χ2v) is 2.54. The van der Waals surface area contributed by atoms with Crippen molar-refractivity contribution in [3.05, 3.63) is 11.9 Å². The third-order valence-corrected chi connectivity index (χ3v) is 1.84. The van der Waals surface area contributed by atoms with E-state index in [2.05, 4.69) is 12.0 Å². The van der Waals surface area contributed by atoms with Crippen molar-refractivity contribution in [2.24, 2.45) is 0 Å². The Kier molecular flexibility index (Phi) is 0.695. The molecule has 3 heteroatoms. The second-order valence-electron chi connectivity index (χ2n) is 2.54. The predicted octanol–water partition coefficient (Wildman–Crippen LogP) is 0.582. The summed E-state index contributed by atoms with van der Waals surface area (Å²) in [7, 11) is 0. The van der Waals surface area contributed by atoms with Crippen molar-refractivity contribution in [2.45, 2.75) is 19.4 Å². The van der Waals surface area contributed by atoms with E-state index in [0.717, 1.165) is 12.1 Å². The lowest BCUT2D eigenvalue weighted by Crippen LogP contribution is -2.24. The monoisotopic (exact) mass is 123 g/mol. The number of nitrogens with zero attached hydrogens (tertiary/aromatic N) is 2. The Bertz CT molecular complexity index is 238. The van der Waals surface area contributed by atoms with Crippen molar-refractivity contribution in [1.29, 1.82) is 0 Å². The van der Waals surface area contributed by atoms with Crippen LogP contribution in [0.2, 0.25) is 0 Å². The summed E-state index contributed by atoms with van der Waals surface area (Å²) in [5.41, 5.74) is 7.61. The van der Waals surface area contributed by atoms with E-state index in [1.54, 1.807) is 6.20 Å². The van der Waals surface area contributed by atoms with E-state index in [0.29, 0.717) is 6.04 Å². The van der Waals surface area contributed by atoms with Crippen LogP contribution >= 0.6 is 0 Å². The van der Waals surface area contributed by atoms with Crippen LogP contribution in [-0.4, -0.2) is 9.78 Å². The summed E-state index contributed by atoms with van der Waals surface area (Å²) in [5.74, 6) is 0. The largest absolute Gasteiger partial charge is 0.396 e. The summed E-state index contributed by atoms with van der Waals surface area (Å²) in [4.78, 5) is 0. The van der Waals surface area contributed by atoms with Crippen molar-refractivity contribution in [3.63, 3.8) is 0 Å². The fraction of sp³-hybridized carbons (Fsp3) is 0.500. The molecule has 0 aliphatic carbocycles. The van der Waals surface area contributed by atoms with E-state index in [-0.39, 0.29) is 0 Å². The standard InChI is InChI=1S/C6H9N3/c1-4-2-6-5(7)3-8-9(4)6/h3-4H,2,7H2,1H3. The summed E-state index contributed by atoms with van der Waals surface area (Å²) in [6, 6.07) is 0.567. The summed E-state index contributed by atoms with van der Waals surface area (Å²) < 4.78 is 1.97. The predicted molar refractivity (Wildman–Crippen MR) is 35.1 cm³/mol. The van der Waals surface area contributed by atoms with Crippen LogP contribution in [0, 0.1) is 0 Å². The molecule has 1 atom stereocenters. The maximum atomic E-state index is 5.57. The van der Waals surface area contributed by atoms with Gasteiger partial charge in [0.2, 0.25) is 0 Å². The lowest BCUT2D eigenvalue weighted by molar-refractivity contribution is 0.383. The highest BCUT2D eigenvalue weighted by atomic mass is 15.3. The Balaban J connectivity index is 2.54. The Morgan fingerprint density at radius 1 is 1.89 bits per heavy atom. The van der Waals surface area contributed by atoms with Gasteiger partial charge in [0.1, 0.15) is 0 Å². The molecule has 3 nitrogen and oxygen atoms in total. The van der Waals surface area contributed by atoms with Crippen molar-refractivity contribution in [1.82, 2.24) is 9.78 Å². The van der Waals surface area contributed by atoms with Crippen LogP contribution in [0.5, 0.6) is 0 Å². The number of rotatable bonds is 0. The minimum absolute atomic E-state index is 0.567. The van der Waals surface area contributed by atoms with E-state index in [4.69, 9.17) is 5.73 Å². The third-order valence-electron chi connectivity index (χ3n) is 1.84. The van der Waals surface area contributed by atoms with Gasteiger partial charge in [-0.2, -0.15) is 5.10 Å². The van der Waals surface area contributed by atoms with Gasteiger partial charge in [-0.1, -0.05) is 0 Å². The maximum absolute atomic E-state index is 5.57. The van der Waals surface area contributed by atoms with Crippen molar-refractivity contribution in [2.75, 3.05) is 5.73 Å². The van der Waals surface area contributed by atoms with E-state index < -0.39 is 0 Å². The number of hydrogen-bond donors (Lipinski definition) is 1. The molecule has 0 amide bonds. The van der Waals surface area contributed by atoms with Gasteiger partial charge in [0.15, 0.2) is 0 Å². The molecule has 0 spiro atoms. The smallest absolute Gasteiger partial charge is 0.0734 e. The Hall–Kier alpha value is -0.990. The fourth-order valence-electron chi connectivity index (χ4n) is 1.25. The number of hydrogen-bond acceptors (Lipinski definition) is 2. The molecule has 0 saturated heterocycles. The summed E-state index contributed by atoms with van der Waals surface area (Å²) in [5, 5.41) is 4.08. The zero-order valence-corrected chi connectivity index (χ0v) is 5.33. The molecule has 1 aliphatic rings. The molecule has 2 heterocycles. The molecule has 1 unspecified atom stereocenters. The van der Waals surface area contributed by atoms with E-state index in [9.17, 15) is 0 Å². The third kappa shape index (κ3) is 0.439. The zero-order chi connectivity index (χ0) is 6.43. The summed E-state index contributed by atoms with van der Waals surface area (Å²) in [6.45, 7) is 2.14. The first-order chi connectivity index (χ1) is 4.29. The van der Waals surface area contributed by atoms with Crippen molar-refractivity contribution in [3.8, 4) is 0 Å². The molecule has 1 aromatic heterocycles.